The zero-order valence-corrected chi connectivity index (χ0v) is 16.9. The Morgan fingerprint density at radius 3 is 2.83 bits per heavy atom. The van der Waals surface area contributed by atoms with Gasteiger partial charge in [0.25, 0.3) is 5.91 Å². The Morgan fingerprint density at radius 2 is 2.13 bits per heavy atom. The van der Waals surface area contributed by atoms with Gasteiger partial charge in [0.1, 0.15) is 18.1 Å². The molecule has 1 N–H and O–H groups in total. The minimum absolute atomic E-state index is 0.00947. The lowest BCUT2D eigenvalue weighted by Crippen LogP contribution is -2.40. The summed E-state index contributed by atoms with van der Waals surface area (Å²) in [7, 11) is 0. The molecular formula is C21H23N5O4. The highest BCUT2D eigenvalue weighted by Crippen LogP contribution is 2.26. The summed E-state index contributed by atoms with van der Waals surface area (Å²) in [5, 5.41) is 15.0. The number of nitrogens with zero attached hydrogens (tertiary/aromatic N) is 4. The van der Waals surface area contributed by atoms with E-state index in [9.17, 15) is 4.79 Å². The van der Waals surface area contributed by atoms with Gasteiger partial charge in [-0.15, -0.1) is 10.2 Å². The number of aryl methyl sites for hydroxylation is 2. The van der Waals surface area contributed by atoms with Gasteiger partial charge in [0.15, 0.2) is 5.69 Å². The zero-order valence-electron chi connectivity index (χ0n) is 16.9. The predicted octanol–water partition coefficient (Wildman–Crippen LogP) is 2.63. The van der Waals surface area contributed by atoms with Gasteiger partial charge in [0.05, 0.1) is 18.2 Å². The number of rotatable bonds is 6. The highest BCUT2D eigenvalue weighted by atomic mass is 16.5. The summed E-state index contributed by atoms with van der Waals surface area (Å²) in [6.07, 6.45) is 3.59. The maximum atomic E-state index is 12.3. The second-order valence-electron chi connectivity index (χ2n) is 7.19. The van der Waals surface area contributed by atoms with Gasteiger partial charge in [-0.25, -0.2) is 0 Å². The van der Waals surface area contributed by atoms with Gasteiger partial charge in [-0.2, -0.15) is 0 Å². The third kappa shape index (κ3) is 4.62. The van der Waals surface area contributed by atoms with E-state index >= 15 is 0 Å². The maximum absolute atomic E-state index is 12.3. The van der Waals surface area contributed by atoms with Crippen LogP contribution in [-0.4, -0.2) is 45.5 Å². The second kappa shape index (κ2) is 9.00. The number of nitrogens with one attached hydrogen (secondary N) is 1. The molecular weight excluding hydrogens is 386 g/mol. The van der Waals surface area contributed by atoms with Crippen LogP contribution in [0.15, 0.2) is 35.0 Å². The van der Waals surface area contributed by atoms with Crippen molar-refractivity contribution in [3.63, 3.8) is 0 Å². The van der Waals surface area contributed by atoms with Crippen molar-refractivity contribution in [3.05, 3.63) is 53.2 Å². The maximum Gasteiger partial charge on any atom is 0.272 e. The minimum Gasteiger partial charge on any atom is -0.472 e. The van der Waals surface area contributed by atoms with E-state index in [1.54, 1.807) is 18.3 Å². The summed E-state index contributed by atoms with van der Waals surface area (Å²) in [5.74, 6) is 0.693. The first kappa shape index (κ1) is 20.0. The largest absolute Gasteiger partial charge is 0.472 e. The third-order valence-corrected chi connectivity index (χ3v) is 4.90. The van der Waals surface area contributed by atoms with Crippen molar-refractivity contribution in [3.8, 4) is 17.1 Å². The number of hydrogen-bond acceptors (Lipinski definition) is 8. The monoisotopic (exact) mass is 409 g/mol. The molecule has 1 amide bonds. The molecule has 1 atom stereocenters. The normalized spacial score (nSPS) is 16.3. The molecule has 9 heteroatoms. The highest BCUT2D eigenvalue weighted by Gasteiger charge is 2.19. The highest BCUT2D eigenvalue weighted by molar-refractivity contribution is 5.92. The fourth-order valence-corrected chi connectivity index (χ4v) is 3.17. The van der Waals surface area contributed by atoms with Crippen LogP contribution in [0.1, 0.15) is 40.3 Å². The van der Waals surface area contributed by atoms with Crippen molar-refractivity contribution >= 4 is 5.91 Å². The molecule has 1 aliphatic heterocycles. The zero-order chi connectivity index (χ0) is 20.9. The first-order chi connectivity index (χ1) is 14.6. The summed E-state index contributed by atoms with van der Waals surface area (Å²) in [6.45, 7) is 5.22. The van der Waals surface area contributed by atoms with Gasteiger partial charge in [-0.05, 0) is 44.9 Å². The van der Waals surface area contributed by atoms with E-state index in [-0.39, 0.29) is 24.2 Å². The molecule has 1 saturated heterocycles. The Bertz CT molecular complexity index is 995. The summed E-state index contributed by atoms with van der Waals surface area (Å²) >= 11 is 0. The standard InChI is InChI=1S/C21H23N5O4/c1-13-5-6-15(10-22-13)20-17(14(2)30-26-20)12-29-19-8-7-18(24-25-19)21(27)23-16-4-3-9-28-11-16/h5-8,10,16H,3-4,9,11-12H2,1-2H3,(H,23,27)/t16-/m1/s1. The smallest absolute Gasteiger partial charge is 0.272 e. The van der Waals surface area contributed by atoms with Crippen molar-refractivity contribution in [1.82, 2.24) is 25.7 Å². The van der Waals surface area contributed by atoms with E-state index in [0.29, 0.717) is 23.9 Å². The van der Waals surface area contributed by atoms with Gasteiger partial charge in [-0.1, -0.05) is 5.16 Å². The number of pyridine rings is 1. The van der Waals surface area contributed by atoms with E-state index < -0.39 is 0 Å². The Hall–Kier alpha value is -3.33. The molecule has 1 aliphatic rings. The van der Waals surface area contributed by atoms with Crippen molar-refractivity contribution in [2.24, 2.45) is 0 Å². The van der Waals surface area contributed by atoms with Crippen LogP contribution in [0, 0.1) is 13.8 Å². The van der Waals surface area contributed by atoms with Crippen LogP contribution >= 0.6 is 0 Å². The molecule has 0 radical (unpaired) electrons. The van der Waals surface area contributed by atoms with E-state index in [1.165, 1.54) is 0 Å². The lowest BCUT2D eigenvalue weighted by Gasteiger charge is -2.22. The van der Waals surface area contributed by atoms with Gasteiger partial charge >= 0.3 is 0 Å². The molecule has 156 valence electrons. The first-order valence-electron chi connectivity index (χ1n) is 9.83. The summed E-state index contributed by atoms with van der Waals surface area (Å²) < 4.78 is 16.5. The fraction of sp³-hybridized carbons (Fsp3) is 0.381. The van der Waals surface area contributed by atoms with Gasteiger partial charge in [0, 0.05) is 30.1 Å². The van der Waals surface area contributed by atoms with E-state index in [2.05, 4.69) is 25.7 Å². The van der Waals surface area contributed by atoms with Gasteiger partial charge < -0.3 is 19.3 Å². The number of carbonyl (C=O) groups excluding carboxylic acids is 1. The van der Waals surface area contributed by atoms with Gasteiger partial charge in [-0.3, -0.25) is 9.78 Å². The first-order valence-corrected chi connectivity index (χ1v) is 9.83. The molecule has 30 heavy (non-hydrogen) atoms. The lowest BCUT2D eigenvalue weighted by molar-refractivity contribution is 0.0621. The predicted molar refractivity (Wildman–Crippen MR) is 107 cm³/mol. The molecule has 0 spiro atoms. The van der Waals surface area contributed by atoms with Crippen molar-refractivity contribution in [2.45, 2.75) is 39.3 Å². The Kier molecular flexibility index (Phi) is 5.99. The average Bonchev–Trinajstić information content (AvgIpc) is 3.14. The van der Waals surface area contributed by atoms with Crippen molar-refractivity contribution in [1.29, 1.82) is 0 Å². The molecule has 0 unspecified atom stereocenters. The topological polar surface area (TPSA) is 112 Å². The molecule has 1 fully saturated rings. The van der Waals surface area contributed by atoms with E-state index in [1.807, 2.05) is 26.0 Å². The molecule has 0 aromatic carbocycles. The lowest BCUT2D eigenvalue weighted by atomic mass is 10.1. The Balaban J connectivity index is 1.39. The van der Waals surface area contributed by atoms with Crippen molar-refractivity contribution < 1.29 is 18.8 Å². The summed E-state index contributed by atoms with van der Waals surface area (Å²) in [5.41, 5.74) is 3.49. The SMILES string of the molecule is Cc1ccc(-c2noc(C)c2COc2ccc(C(=O)N[C@@H]3CCCOC3)nn2)cn1. The van der Waals surface area contributed by atoms with E-state index in [4.69, 9.17) is 14.0 Å². The van der Waals surface area contributed by atoms with Crippen LogP contribution in [0.5, 0.6) is 5.88 Å². The Morgan fingerprint density at radius 1 is 1.23 bits per heavy atom. The van der Waals surface area contributed by atoms with Crippen LogP contribution in [0.25, 0.3) is 11.3 Å². The third-order valence-electron chi connectivity index (χ3n) is 4.90. The number of ether oxygens (including phenoxy) is 2. The number of aromatic nitrogens is 4. The fourth-order valence-electron chi connectivity index (χ4n) is 3.17. The minimum atomic E-state index is -0.270. The van der Waals surface area contributed by atoms with Crippen LogP contribution < -0.4 is 10.1 Å². The van der Waals surface area contributed by atoms with Crippen LogP contribution in [0.2, 0.25) is 0 Å². The molecule has 0 bridgehead atoms. The quantitative estimate of drug-likeness (QED) is 0.661. The van der Waals surface area contributed by atoms with Crippen molar-refractivity contribution in [2.75, 3.05) is 13.2 Å². The molecule has 3 aromatic heterocycles. The number of hydrogen-bond donors (Lipinski definition) is 1. The van der Waals surface area contributed by atoms with E-state index in [0.717, 1.165) is 36.3 Å². The number of carbonyl (C=O) groups is 1. The second-order valence-corrected chi connectivity index (χ2v) is 7.19. The summed E-state index contributed by atoms with van der Waals surface area (Å²) in [6, 6.07) is 7.07. The molecule has 0 aliphatic carbocycles. The average molecular weight is 409 g/mol. The van der Waals surface area contributed by atoms with Crippen LogP contribution in [-0.2, 0) is 11.3 Å². The molecule has 0 saturated carbocycles. The molecule has 9 nitrogen and oxygen atoms in total. The molecule has 4 rings (SSSR count). The molecule has 3 aromatic rings. The summed E-state index contributed by atoms with van der Waals surface area (Å²) in [4.78, 5) is 16.6. The van der Waals surface area contributed by atoms with Crippen LogP contribution in [0.3, 0.4) is 0 Å². The number of amides is 1. The van der Waals surface area contributed by atoms with Crippen LogP contribution in [0.4, 0.5) is 0 Å². The van der Waals surface area contributed by atoms with Gasteiger partial charge in [0.2, 0.25) is 5.88 Å². The molecule has 4 heterocycles. The Labute approximate surface area is 173 Å².